The molecule has 0 aliphatic carbocycles. The summed E-state index contributed by atoms with van der Waals surface area (Å²) < 4.78 is 0. The minimum absolute atomic E-state index is 0. The van der Waals surface area contributed by atoms with E-state index < -0.39 is 0 Å². The maximum atomic E-state index is 11.8. The maximum absolute atomic E-state index is 11.8. The van der Waals surface area contributed by atoms with Crippen LogP contribution < -0.4 is 10.6 Å². The predicted molar refractivity (Wildman–Crippen MR) is 58.6 cm³/mol. The molecule has 2 rings (SSSR count). The van der Waals surface area contributed by atoms with Gasteiger partial charge in [-0.05, 0) is 39.2 Å². The van der Waals surface area contributed by atoms with Gasteiger partial charge in [0.1, 0.15) is 0 Å². The van der Waals surface area contributed by atoms with Crippen molar-refractivity contribution in [3.8, 4) is 0 Å². The molecular weight excluding hydrogens is 200 g/mol. The monoisotopic (exact) mass is 218 g/mol. The van der Waals surface area contributed by atoms with Crippen LogP contribution >= 0.6 is 12.4 Å². The number of nitrogens with one attached hydrogen (secondary N) is 2. The molecule has 0 saturated carbocycles. The van der Waals surface area contributed by atoms with Crippen LogP contribution in [0.25, 0.3) is 0 Å². The van der Waals surface area contributed by atoms with Crippen molar-refractivity contribution in [2.24, 2.45) is 5.41 Å². The fourth-order valence-electron chi connectivity index (χ4n) is 2.68. The Labute approximate surface area is 91.4 Å². The molecule has 2 aliphatic heterocycles. The summed E-state index contributed by atoms with van der Waals surface area (Å²) in [5, 5.41) is 6.41. The van der Waals surface area contributed by atoms with Gasteiger partial charge in [0.25, 0.3) is 0 Å². The van der Waals surface area contributed by atoms with E-state index >= 15 is 0 Å². The van der Waals surface area contributed by atoms with E-state index in [2.05, 4.69) is 17.6 Å². The highest BCUT2D eigenvalue weighted by Gasteiger charge is 2.45. The highest BCUT2D eigenvalue weighted by molar-refractivity contribution is 5.85. The smallest absolute Gasteiger partial charge is 0.227 e. The third-order valence-electron chi connectivity index (χ3n) is 3.62. The minimum atomic E-state index is -0.0868. The molecule has 14 heavy (non-hydrogen) atoms. The summed E-state index contributed by atoms with van der Waals surface area (Å²) in [5.74, 6) is 0.276. The maximum Gasteiger partial charge on any atom is 0.227 e. The molecule has 82 valence electrons. The van der Waals surface area contributed by atoms with Crippen molar-refractivity contribution in [1.29, 1.82) is 0 Å². The Balaban J connectivity index is 0.000000980. The number of carbonyl (C=O) groups excluding carboxylic acids is 1. The molecule has 1 spiro atoms. The number of amides is 1. The topological polar surface area (TPSA) is 41.1 Å². The van der Waals surface area contributed by atoms with Gasteiger partial charge in [-0.25, -0.2) is 0 Å². The predicted octanol–water partition coefficient (Wildman–Crippen LogP) is 1.08. The summed E-state index contributed by atoms with van der Waals surface area (Å²) in [4.78, 5) is 11.8. The fraction of sp³-hybridized carbons (Fsp3) is 0.900. The van der Waals surface area contributed by atoms with Crippen molar-refractivity contribution >= 4 is 18.3 Å². The molecule has 4 heteroatoms. The molecule has 0 bridgehead atoms. The van der Waals surface area contributed by atoms with Crippen molar-refractivity contribution < 1.29 is 4.79 Å². The largest absolute Gasteiger partial charge is 0.356 e. The van der Waals surface area contributed by atoms with Gasteiger partial charge in [-0.2, -0.15) is 0 Å². The lowest BCUT2D eigenvalue weighted by Crippen LogP contribution is -2.58. The third kappa shape index (κ3) is 1.75. The molecular formula is C10H19ClN2O. The van der Waals surface area contributed by atoms with E-state index in [0.29, 0.717) is 6.04 Å². The van der Waals surface area contributed by atoms with E-state index in [0.717, 1.165) is 38.8 Å². The van der Waals surface area contributed by atoms with Crippen molar-refractivity contribution in [2.75, 3.05) is 13.1 Å². The molecule has 2 atom stereocenters. The molecule has 2 N–H and O–H groups in total. The SMILES string of the molecule is C[C@@H]1NCCC[C@]12CCCNC2=O.Cl. The second-order valence-electron chi connectivity index (χ2n) is 4.29. The van der Waals surface area contributed by atoms with Crippen LogP contribution in [0.1, 0.15) is 32.6 Å². The Hall–Kier alpha value is -0.280. The van der Waals surface area contributed by atoms with E-state index in [1.807, 2.05) is 0 Å². The van der Waals surface area contributed by atoms with Gasteiger partial charge in [0.15, 0.2) is 0 Å². The van der Waals surface area contributed by atoms with E-state index in [1.54, 1.807) is 0 Å². The quantitative estimate of drug-likeness (QED) is 0.639. The first-order chi connectivity index (χ1) is 6.26. The lowest BCUT2D eigenvalue weighted by atomic mass is 9.69. The van der Waals surface area contributed by atoms with Gasteiger partial charge in [0.05, 0.1) is 5.41 Å². The summed E-state index contributed by atoms with van der Waals surface area (Å²) in [6, 6.07) is 0.349. The number of hydrogen-bond acceptors (Lipinski definition) is 2. The summed E-state index contributed by atoms with van der Waals surface area (Å²) in [5.41, 5.74) is -0.0868. The summed E-state index contributed by atoms with van der Waals surface area (Å²) in [7, 11) is 0. The molecule has 0 aromatic heterocycles. The molecule has 1 amide bonds. The van der Waals surface area contributed by atoms with Gasteiger partial charge in [0.2, 0.25) is 5.91 Å². The zero-order chi connectivity index (χ0) is 9.31. The number of carbonyl (C=O) groups is 1. The zero-order valence-corrected chi connectivity index (χ0v) is 9.45. The average molecular weight is 219 g/mol. The van der Waals surface area contributed by atoms with Crippen molar-refractivity contribution in [3.05, 3.63) is 0 Å². The first kappa shape index (κ1) is 11.8. The van der Waals surface area contributed by atoms with Crippen molar-refractivity contribution in [3.63, 3.8) is 0 Å². The van der Waals surface area contributed by atoms with Crippen LogP contribution in [0.2, 0.25) is 0 Å². The number of halogens is 1. The van der Waals surface area contributed by atoms with E-state index in [-0.39, 0.29) is 23.7 Å². The lowest BCUT2D eigenvalue weighted by Gasteiger charge is -2.44. The molecule has 0 aromatic carbocycles. The molecule has 0 aromatic rings. The second-order valence-corrected chi connectivity index (χ2v) is 4.29. The second kappa shape index (κ2) is 4.49. The van der Waals surface area contributed by atoms with E-state index in [9.17, 15) is 4.79 Å². The number of piperidine rings is 2. The highest BCUT2D eigenvalue weighted by Crippen LogP contribution is 2.38. The fourth-order valence-corrected chi connectivity index (χ4v) is 2.68. The lowest BCUT2D eigenvalue weighted by molar-refractivity contribution is -0.137. The molecule has 2 fully saturated rings. The van der Waals surface area contributed by atoms with Gasteiger partial charge in [0, 0.05) is 12.6 Å². The minimum Gasteiger partial charge on any atom is -0.356 e. The Bertz CT molecular complexity index is 216. The number of rotatable bonds is 0. The van der Waals surface area contributed by atoms with Gasteiger partial charge in [-0.1, -0.05) is 0 Å². The molecule has 0 radical (unpaired) electrons. The van der Waals surface area contributed by atoms with Crippen LogP contribution in [0.3, 0.4) is 0 Å². The third-order valence-corrected chi connectivity index (χ3v) is 3.62. The molecule has 0 unspecified atom stereocenters. The van der Waals surface area contributed by atoms with E-state index in [4.69, 9.17) is 0 Å². The standard InChI is InChI=1S/C10H18N2O.ClH/c1-8-10(4-2-6-11-8)5-3-7-12-9(10)13;/h8,11H,2-7H2,1H3,(H,12,13);1H/t8-,10-;/m0./s1. The summed E-state index contributed by atoms with van der Waals surface area (Å²) in [6.45, 7) is 4.08. The van der Waals surface area contributed by atoms with Crippen molar-refractivity contribution in [2.45, 2.75) is 38.6 Å². The summed E-state index contributed by atoms with van der Waals surface area (Å²) in [6.07, 6.45) is 4.40. The molecule has 2 aliphatic rings. The van der Waals surface area contributed by atoms with Crippen LogP contribution in [0.15, 0.2) is 0 Å². The van der Waals surface area contributed by atoms with Crippen LogP contribution in [-0.2, 0) is 4.79 Å². The van der Waals surface area contributed by atoms with E-state index in [1.165, 1.54) is 0 Å². The van der Waals surface area contributed by atoms with Crippen LogP contribution in [0.4, 0.5) is 0 Å². The van der Waals surface area contributed by atoms with Gasteiger partial charge >= 0.3 is 0 Å². The molecule has 3 nitrogen and oxygen atoms in total. The van der Waals surface area contributed by atoms with Crippen LogP contribution in [0, 0.1) is 5.41 Å². The van der Waals surface area contributed by atoms with Crippen LogP contribution in [-0.4, -0.2) is 25.0 Å². The Morgan fingerprint density at radius 3 is 2.50 bits per heavy atom. The first-order valence-electron chi connectivity index (χ1n) is 5.27. The van der Waals surface area contributed by atoms with Gasteiger partial charge in [-0.3, -0.25) is 4.79 Å². The Kier molecular flexibility index (Phi) is 3.78. The molecule has 2 saturated heterocycles. The zero-order valence-electron chi connectivity index (χ0n) is 8.64. The highest BCUT2D eigenvalue weighted by atomic mass is 35.5. The normalized spacial score (nSPS) is 37.5. The number of hydrogen-bond donors (Lipinski definition) is 2. The van der Waals surface area contributed by atoms with Crippen LogP contribution in [0.5, 0.6) is 0 Å². The van der Waals surface area contributed by atoms with Gasteiger partial charge < -0.3 is 10.6 Å². The Morgan fingerprint density at radius 2 is 1.93 bits per heavy atom. The molecule has 2 heterocycles. The Morgan fingerprint density at radius 1 is 1.29 bits per heavy atom. The average Bonchev–Trinajstić information content (AvgIpc) is 2.15. The first-order valence-corrected chi connectivity index (χ1v) is 5.27. The van der Waals surface area contributed by atoms with Crippen molar-refractivity contribution in [1.82, 2.24) is 10.6 Å². The van der Waals surface area contributed by atoms with Gasteiger partial charge in [-0.15, -0.1) is 12.4 Å². The summed E-state index contributed by atoms with van der Waals surface area (Å²) >= 11 is 0.